The normalized spacial score (nSPS) is 11.2. The van der Waals surface area contributed by atoms with Crippen molar-refractivity contribution in [3.05, 3.63) is 60.8 Å². The van der Waals surface area contributed by atoms with Gasteiger partial charge in [0.15, 0.2) is 0 Å². The zero-order chi connectivity index (χ0) is 23.1. The maximum atomic E-state index is 12.7. The fourth-order valence-corrected chi connectivity index (χ4v) is 2.96. The van der Waals surface area contributed by atoms with E-state index in [1.165, 1.54) is 24.7 Å². The van der Waals surface area contributed by atoms with Crippen molar-refractivity contribution in [2.24, 2.45) is 0 Å². The van der Waals surface area contributed by atoms with E-state index in [9.17, 15) is 23.1 Å². The minimum absolute atomic E-state index is 0.0729. The van der Waals surface area contributed by atoms with Gasteiger partial charge in [-0.15, -0.1) is 13.2 Å². The number of alkyl halides is 3. The molecule has 0 saturated heterocycles. The summed E-state index contributed by atoms with van der Waals surface area (Å²) >= 11 is 0. The number of aliphatic hydroxyl groups excluding tert-OH is 1. The molecule has 0 bridgehead atoms. The van der Waals surface area contributed by atoms with Gasteiger partial charge in [0.2, 0.25) is 0 Å². The van der Waals surface area contributed by atoms with Crippen molar-refractivity contribution in [1.82, 2.24) is 15.0 Å². The number of anilines is 2. The monoisotopic (exact) mass is 447 g/mol. The highest BCUT2D eigenvalue weighted by atomic mass is 19.4. The number of carbonyl (C=O) groups excluding carboxylic acids is 1. The molecule has 0 spiro atoms. The maximum absolute atomic E-state index is 12.7. The van der Waals surface area contributed by atoms with Crippen molar-refractivity contribution in [2.75, 3.05) is 29.9 Å². The molecule has 32 heavy (non-hydrogen) atoms. The maximum Gasteiger partial charge on any atom is 0.573 e. The number of hydrogen-bond donors (Lipinski definition) is 2. The summed E-state index contributed by atoms with van der Waals surface area (Å²) in [4.78, 5) is 27.0. The Labute approximate surface area is 181 Å². The van der Waals surface area contributed by atoms with Gasteiger partial charge in [0, 0.05) is 48.5 Å². The average Bonchev–Trinajstić information content (AvgIpc) is 2.78. The van der Waals surface area contributed by atoms with E-state index < -0.39 is 18.0 Å². The number of rotatable bonds is 8. The van der Waals surface area contributed by atoms with Gasteiger partial charge in [0.25, 0.3) is 5.91 Å². The number of amides is 1. The van der Waals surface area contributed by atoms with Crippen LogP contribution in [0.4, 0.5) is 24.7 Å². The van der Waals surface area contributed by atoms with Crippen molar-refractivity contribution in [2.45, 2.75) is 13.3 Å². The highest BCUT2D eigenvalue weighted by Gasteiger charge is 2.31. The molecular formula is C21H20F3N5O3. The van der Waals surface area contributed by atoms with Crippen LogP contribution in [-0.4, -0.2) is 52.0 Å². The van der Waals surface area contributed by atoms with Crippen LogP contribution in [0.3, 0.4) is 0 Å². The van der Waals surface area contributed by atoms with Crippen LogP contribution in [0.15, 0.2) is 55.2 Å². The summed E-state index contributed by atoms with van der Waals surface area (Å²) in [6.45, 7) is 2.76. The lowest BCUT2D eigenvalue weighted by atomic mass is 10.1. The predicted molar refractivity (Wildman–Crippen MR) is 111 cm³/mol. The molecule has 8 nitrogen and oxygen atoms in total. The molecule has 1 amide bonds. The first-order valence-corrected chi connectivity index (χ1v) is 9.59. The number of aromatic nitrogens is 3. The molecule has 2 heterocycles. The van der Waals surface area contributed by atoms with Gasteiger partial charge in [-0.05, 0) is 37.3 Å². The second-order valence-corrected chi connectivity index (χ2v) is 6.55. The van der Waals surface area contributed by atoms with Gasteiger partial charge in [-0.1, -0.05) is 0 Å². The zero-order valence-corrected chi connectivity index (χ0v) is 17.0. The summed E-state index contributed by atoms with van der Waals surface area (Å²) in [6, 6.07) is 6.42. The highest BCUT2D eigenvalue weighted by molar-refractivity contribution is 6.05. The van der Waals surface area contributed by atoms with E-state index in [0.29, 0.717) is 30.0 Å². The number of halogens is 3. The molecule has 3 aromatic rings. The third kappa shape index (κ3) is 5.91. The lowest BCUT2D eigenvalue weighted by Gasteiger charge is -2.24. The highest BCUT2D eigenvalue weighted by Crippen LogP contribution is 2.29. The van der Waals surface area contributed by atoms with Crippen LogP contribution in [0.25, 0.3) is 11.1 Å². The summed E-state index contributed by atoms with van der Waals surface area (Å²) < 4.78 is 40.7. The SMILES string of the molecule is CCN(CCO)c1ncc(C(=O)Nc2ccc(OC(F)(F)F)cc2)cc1-c1cncnc1. The molecule has 0 fully saturated rings. The molecule has 0 radical (unpaired) electrons. The Kier molecular flexibility index (Phi) is 7.21. The molecule has 168 valence electrons. The Bertz CT molecular complexity index is 1050. The first-order valence-electron chi connectivity index (χ1n) is 9.59. The van der Waals surface area contributed by atoms with Gasteiger partial charge >= 0.3 is 6.36 Å². The quantitative estimate of drug-likeness (QED) is 0.545. The van der Waals surface area contributed by atoms with Gasteiger partial charge < -0.3 is 20.1 Å². The minimum atomic E-state index is -4.79. The summed E-state index contributed by atoms with van der Waals surface area (Å²) in [6.07, 6.45) is 1.14. The minimum Gasteiger partial charge on any atom is -0.406 e. The van der Waals surface area contributed by atoms with Crippen LogP contribution in [-0.2, 0) is 0 Å². The average molecular weight is 447 g/mol. The number of pyridine rings is 1. The summed E-state index contributed by atoms with van der Waals surface area (Å²) in [5, 5.41) is 12.0. The molecule has 3 rings (SSSR count). The van der Waals surface area contributed by atoms with Gasteiger partial charge in [0.05, 0.1) is 12.2 Å². The number of nitrogens with zero attached hydrogens (tertiary/aromatic N) is 4. The number of hydrogen-bond acceptors (Lipinski definition) is 7. The fourth-order valence-electron chi connectivity index (χ4n) is 2.96. The van der Waals surface area contributed by atoms with Crippen molar-refractivity contribution in [3.63, 3.8) is 0 Å². The van der Waals surface area contributed by atoms with E-state index in [4.69, 9.17) is 0 Å². The third-order valence-corrected chi connectivity index (χ3v) is 4.40. The topological polar surface area (TPSA) is 100 Å². The van der Waals surface area contributed by atoms with Crippen LogP contribution in [0, 0.1) is 0 Å². The predicted octanol–water partition coefficient (Wildman–Crippen LogP) is 3.51. The first-order chi connectivity index (χ1) is 15.3. The summed E-state index contributed by atoms with van der Waals surface area (Å²) in [5.74, 6) is -0.338. The molecule has 1 aromatic carbocycles. The largest absolute Gasteiger partial charge is 0.573 e. The van der Waals surface area contributed by atoms with E-state index in [2.05, 4.69) is 25.0 Å². The molecule has 0 aliphatic rings. The number of carbonyl (C=O) groups is 1. The number of benzene rings is 1. The van der Waals surface area contributed by atoms with E-state index in [0.717, 1.165) is 12.1 Å². The van der Waals surface area contributed by atoms with Crippen LogP contribution in [0.1, 0.15) is 17.3 Å². The Morgan fingerprint density at radius 1 is 1.16 bits per heavy atom. The second-order valence-electron chi connectivity index (χ2n) is 6.55. The van der Waals surface area contributed by atoms with Crippen molar-refractivity contribution in [1.29, 1.82) is 0 Å². The van der Waals surface area contributed by atoms with Crippen molar-refractivity contribution in [3.8, 4) is 16.9 Å². The molecule has 0 atom stereocenters. The van der Waals surface area contributed by atoms with Gasteiger partial charge in [-0.25, -0.2) is 15.0 Å². The van der Waals surface area contributed by atoms with Crippen molar-refractivity contribution >= 4 is 17.4 Å². The zero-order valence-electron chi connectivity index (χ0n) is 17.0. The molecule has 11 heteroatoms. The van der Waals surface area contributed by atoms with Crippen LogP contribution >= 0.6 is 0 Å². The third-order valence-electron chi connectivity index (χ3n) is 4.40. The Morgan fingerprint density at radius 2 is 1.84 bits per heavy atom. The molecule has 0 aliphatic heterocycles. The number of ether oxygens (including phenoxy) is 1. The number of aliphatic hydroxyl groups is 1. The van der Waals surface area contributed by atoms with E-state index in [1.807, 2.05) is 11.8 Å². The number of likely N-dealkylation sites (N-methyl/N-ethyl adjacent to an activating group) is 1. The molecule has 2 aromatic heterocycles. The Hall–Kier alpha value is -3.73. The lowest BCUT2D eigenvalue weighted by molar-refractivity contribution is -0.274. The second kappa shape index (κ2) is 10.1. The molecule has 0 unspecified atom stereocenters. The van der Waals surface area contributed by atoms with Gasteiger partial charge in [-0.3, -0.25) is 4.79 Å². The summed E-state index contributed by atoms with van der Waals surface area (Å²) in [5.41, 5.74) is 1.74. The Balaban J connectivity index is 1.87. The van der Waals surface area contributed by atoms with E-state index in [1.54, 1.807) is 18.5 Å². The van der Waals surface area contributed by atoms with Gasteiger partial charge in [0.1, 0.15) is 17.9 Å². The molecule has 2 N–H and O–H groups in total. The number of nitrogens with one attached hydrogen (secondary N) is 1. The van der Waals surface area contributed by atoms with Crippen LogP contribution < -0.4 is 15.0 Å². The van der Waals surface area contributed by atoms with Gasteiger partial charge in [-0.2, -0.15) is 0 Å². The van der Waals surface area contributed by atoms with Crippen LogP contribution in [0.2, 0.25) is 0 Å². The van der Waals surface area contributed by atoms with E-state index >= 15 is 0 Å². The lowest BCUT2D eigenvalue weighted by Crippen LogP contribution is -2.28. The summed E-state index contributed by atoms with van der Waals surface area (Å²) in [7, 11) is 0. The van der Waals surface area contributed by atoms with Crippen molar-refractivity contribution < 1.29 is 27.8 Å². The molecule has 0 aliphatic carbocycles. The Morgan fingerprint density at radius 3 is 2.44 bits per heavy atom. The smallest absolute Gasteiger partial charge is 0.406 e. The fraction of sp³-hybridized carbons (Fsp3) is 0.238. The van der Waals surface area contributed by atoms with E-state index in [-0.39, 0.29) is 17.9 Å². The molecule has 0 saturated carbocycles. The standard InChI is InChI=1S/C21H20F3N5O3/c1-2-29(7-8-30)19-18(15-10-25-13-26-11-15)9-14(12-27-19)20(31)28-16-3-5-17(6-4-16)32-21(22,23)24/h3-6,9-13,30H,2,7-8H2,1H3,(H,28,31). The van der Waals surface area contributed by atoms with Crippen LogP contribution in [0.5, 0.6) is 5.75 Å². The molecular weight excluding hydrogens is 427 g/mol. The first kappa shape index (κ1) is 22.9.